The van der Waals surface area contributed by atoms with Gasteiger partial charge in [0.05, 0.1) is 6.26 Å². The van der Waals surface area contributed by atoms with Crippen molar-refractivity contribution in [3.63, 3.8) is 0 Å². The number of carbonyl (C=O) groups is 1. The van der Waals surface area contributed by atoms with E-state index in [2.05, 4.69) is 66.1 Å². The van der Waals surface area contributed by atoms with Gasteiger partial charge in [0.15, 0.2) is 0 Å². The molecule has 1 atom stereocenters. The standard InChI is InChI=1S/C9H18O.2C3H8.C2H7N.C2H4O.C2H6S.3C2H6/c1-3-5-7-9(8-10)6-4-2;3*1-3-2;2*1-2-3;3*1-2/h8-9H,3-7H2,1-2H3;2*3H2,1-2H3;3H,1-2H3;2-3H,1H2;3H,2H2,1H3;3*1-2H3. The van der Waals surface area contributed by atoms with Crippen molar-refractivity contribution in [3.8, 4) is 0 Å². The first kappa shape index (κ1) is 57.4. The van der Waals surface area contributed by atoms with Gasteiger partial charge in [-0.15, -0.1) is 0 Å². The van der Waals surface area contributed by atoms with E-state index in [1.54, 1.807) is 0 Å². The second-order valence-corrected chi connectivity index (χ2v) is 5.87. The second-order valence-electron chi connectivity index (χ2n) is 5.24. The number of aliphatic hydroxyl groups excluding tert-OH is 1. The highest BCUT2D eigenvalue weighted by Crippen LogP contribution is 2.11. The minimum Gasteiger partial charge on any atom is -0.516 e. The fourth-order valence-electron chi connectivity index (χ4n) is 1.12. The number of hydrogen-bond donors (Lipinski definition) is 3. The Labute approximate surface area is 207 Å². The summed E-state index contributed by atoms with van der Waals surface area (Å²) in [7, 11) is 3.75. The Morgan fingerprint density at radius 1 is 0.806 bits per heavy atom. The lowest BCUT2D eigenvalue weighted by molar-refractivity contribution is -0.111. The summed E-state index contributed by atoms with van der Waals surface area (Å²) in [6.07, 6.45) is 10.1. The van der Waals surface area contributed by atoms with Gasteiger partial charge in [-0.3, -0.25) is 0 Å². The van der Waals surface area contributed by atoms with E-state index >= 15 is 0 Å². The molecule has 0 aromatic carbocycles. The first-order valence-electron chi connectivity index (χ1n) is 12.8. The zero-order valence-corrected chi connectivity index (χ0v) is 25.8. The summed E-state index contributed by atoms with van der Waals surface area (Å²) in [6, 6.07) is 0. The van der Waals surface area contributed by atoms with Crippen LogP contribution in [0.1, 0.15) is 135 Å². The third-order valence-corrected chi connectivity index (χ3v) is 1.78. The van der Waals surface area contributed by atoms with E-state index in [1.807, 2.05) is 62.6 Å². The van der Waals surface area contributed by atoms with Crippen LogP contribution in [0.4, 0.5) is 0 Å². The molecule has 0 aliphatic carbocycles. The highest BCUT2D eigenvalue weighted by Gasteiger charge is 2.03. The first-order valence-corrected chi connectivity index (χ1v) is 13.5. The SMILES string of the molecule is C=CO.CC.CC.CC.CCC.CCC.CCCCC(C=O)CCC.CCS.CNC. The van der Waals surface area contributed by atoms with Crippen LogP contribution in [0, 0.1) is 5.92 Å². The van der Waals surface area contributed by atoms with Crippen molar-refractivity contribution < 1.29 is 9.90 Å². The second kappa shape index (κ2) is 131. The number of rotatable bonds is 6. The lowest BCUT2D eigenvalue weighted by atomic mass is 9.99. The predicted molar refractivity (Wildman–Crippen MR) is 157 cm³/mol. The Morgan fingerprint density at radius 2 is 1.03 bits per heavy atom. The van der Waals surface area contributed by atoms with Crippen LogP contribution in [0.5, 0.6) is 0 Å². The summed E-state index contributed by atoms with van der Waals surface area (Å²) < 4.78 is 0. The van der Waals surface area contributed by atoms with Gasteiger partial charge in [-0.1, -0.05) is 129 Å². The van der Waals surface area contributed by atoms with E-state index in [4.69, 9.17) is 5.11 Å². The summed E-state index contributed by atoms with van der Waals surface area (Å²) in [5, 5.41) is 10.1. The fraction of sp³-hybridized carbons (Fsp3) is 0.889. The molecule has 0 aliphatic heterocycles. The largest absolute Gasteiger partial charge is 0.516 e. The number of carbonyl (C=O) groups excluding carboxylic acids is 1. The smallest absolute Gasteiger partial charge is 0.123 e. The van der Waals surface area contributed by atoms with Crippen molar-refractivity contribution in [1.82, 2.24) is 5.32 Å². The molecule has 0 saturated carbocycles. The van der Waals surface area contributed by atoms with Gasteiger partial charge in [0.25, 0.3) is 0 Å². The molecule has 4 heteroatoms. The van der Waals surface area contributed by atoms with Gasteiger partial charge in [0.1, 0.15) is 6.29 Å². The highest BCUT2D eigenvalue weighted by molar-refractivity contribution is 7.80. The van der Waals surface area contributed by atoms with Gasteiger partial charge < -0.3 is 15.2 Å². The van der Waals surface area contributed by atoms with Gasteiger partial charge >= 0.3 is 0 Å². The molecule has 0 rings (SSSR count). The minimum atomic E-state index is 0.338. The Bertz CT molecular complexity index is 161. The molecule has 3 nitrogen and oxygen atoms in total. The lowest BCUT2D eigenvalue weighted by Gasteiger charge is -2.05. The van der Waals surface area contributed by atoms with Gasteiger partial charge in [0.2, 0.25) is 0 Å². The topological polar surface area (TPSA) is 49.3 Å². The molecule has 0 amide bonds. The fourth-order valence-corrected chi connectivity index (χ4v) is 1.12. The third kappa shape index (κ3) is 308. The minimum absolute atomic E-state index is 0.338. The molecule has 0 saturated heterocycles. The summed E-state index contributed by atoms with van der Waals surface area (Å²) >= 11 is 3.79. The molecule has 0 aromatic heterocycles. The first-order chi connectivity index (χ1) is 14.9. The molecule has 0 heterocycles. The summed E-state index contributed by atoms with van der Waals surface area (Å²) in [6.45, 7) is 29.7. The van der Waals surface area contributed by atoms with Crippen LogP contribution in [-0.4, -0.2) is 31.2 Å². The summed E-state index contributed by atoms with van der Waals surface area (Å²) in [4.78, 5) is 10.4. The van der Waals surface area contributed by atoms with Crippen LogP contribution in [0.2, 0.25) is 0 Å². The van der Waals surface area contributed by atoms with Gasteiger partial charge in [-0.05, 0) is 32.7 Å². The van der Waals surface area contributed by atoms with E-state index in [-0.39, 0.29) is 0 Å². The molecule has 0 fully saturated rings. The molecule has 0 bridgehead atoms. The number of aldehydes is 1. The predicted octanol–water partition coefficient (Wildman–Crippen LogP) is 10.2. The number of thiol groups is 1. The summed E-state index contributed by atoms with van der Waals surface area (Å²) in [5.41, 5.74) is 0. The number of nitrogens with one attached hydrogen (secondary N) is 1. The number of hydrogen-bond acceptors (Lipinski definition) is 4. The zero-order chi connectivity index (χ0) is 27.4. The summed E-state index contributed by atoms with van der Waals surface area (Å²) in [5.74, 6) is 1.28. The van der Waals surface area contributed by atoms with E-state index in [0.29, 0.717) is 5.92 Å². The number of unbranched alkanes of at least 4 members (excludes halogenated alkanes) is 1. The van der Waals surface area contributed by atoms with E-state index in [1.165, 1.54) is 25.7 Å². The Hall–Kier alpha value is -0.480. The average Bonchev–Trinajstić information content (AvgIpc) is 2.78. The van der Waals surface area contributed by atoms with Crippen molar-refractivity contribution in [2.24, 2.45) is 5.92 Å². The third-order valence-electron chi connectivity index (χ3n) is 1.78. The molecular weight excluding hydrogens is 402 g/mol. The monoisotopic (exact) mass is 472 g/mol. The van der Waals surface area contributed by atoms with E-state index in [0.717, 1.165) is 37.6 Å². The van der Waals surface area contributed by atoms with Crippen molar-refractivity contribution in [3.05, 3.63) is 12.8 Å². The highest BCUT2D eigenvalue weighted by atomic mass is 32.1. The maximum atomic E-state index is 10.4. The molecule has 2 N–H and O–H groups in total. The van der Waals surface area contributed by atoms with Crippen LogP contribution < -0.4 is 5.32 Å². The maximum Gasteiger partial charge on any atom is 0.123 e. The molecular formula is C27H69NO2S. The van der Waals surface area contributed by atoms with Crippen LogP contribution >= 0.6 is 12.6 Å². The van der Waals surface area contributed by atoms with Crippen LogP contribution in [0.3, 0.4) is 0 Å². The Kier molecular flexibility index (Phi) is 243. The van der Waals surface area contributed by atoms with Gasteiger partial charge in [-0.2, -0.15) is 12.6 Å². The van der Waals surface area contributed by atoms with E-state index in [9.17, 15) is 4.79 Å². The van der Waals surface area contributed by atoms with Gasteiger partial charge in [0, 0.05) is 5.92 Å². The maximum absolute atomic E-state index is 10.4. The molecule has 0 spiro atoms. The van der Waals surface area contributed by atoms with Crippen molar-refractivity contribution >= 4 is 18.9 Å². The normalized spacial score (nSPS) is 7.48. The molecule has 1 unspecified atom stereocenters. The molecule has 0 radical (unpaired) electrons. The van der Waals surface area contributed by atoms with Crippen LogP contribution in [-0.2, 0) is 4.79 Å². The number of aliphatic hydroxyl groups is 1. The lowest BCUT2D eigenvalue weighted by Crippen LogP contribution is -2.00. The average molecular weight is 472 g/mol. The molecule has 0 aliphatic rings. The molecule has 0 aromatic rings. The van der Waals surface area contributed by atoms with Crippen LogP contribution in [0.15, 0.2) is 12.8 Å². The molecule has 31 heavy (non-hydrogen) atoms. The zero-order valence-electron chi connectivity index (χ0n) is 24.9. The Morgan fingerprint density at radius 3 is 1.16 bits per heavy atom. The van der Waals surface area contributed by atoms with E-state index < -0.39 is 0 Å². The van der Waals surface area contributed by atoms with Gasteiger partial charge in [-0.25, -0.2) is 0 Å². The van der Waals surface area contributed by atoms with Crippen LogP contribution in [0.25, 0.3) is 0 Å². The Balaban J connectivity index is -0.0000000279. The van der Waals surface area contributed by atoms with Crippen molar-refractivity contribution in [2.75, 3.05) is 19.8 Å². The quantitative estimate of drug-likeness (QED) is 0.205. The molecule has 200 valence electrons. The van der Waals surface area contributed by atoms with Crippen molar-refractivity contribution in [2.45, 2.75) is 135 Å². The van der Waals surface area contributed by atoms with Crippen molar-refractivity contribution in [1.29, 1.82) is 0 Å².